The molecule has 1 amide bonds. The molecule has 2 aromatic carbocycles. The summed E-state index contributed by atoms with van der Waals surface area (Å²) in [5, 5.41) is 0.407. The first-order chi connectivity index (χ1) is 15.1. The fraction of sp³-hybridized carbons (Fsp3) is 0.174. The number of halogens is 1. The smallest absolute Gasteiger partial charge is 0.267 e. The average molecular weight is 437 g/mol. The van der Waals surface area contributed by atoms with Crippen LogP contribution in [0.3, 0.4) is 0 Å². The normalized spacial score (nSPS) is 10.8. The second-order valence-corrected chi connectivity index (χ2v) is 7.63. The van der Waals surface area contributed by atoms with Gasteiger partial charge in [0, 0.05) is 12.4 Å². The van der Waals surface area contributed by atoms with Gasteiger partial charge in [-0.15, -0.1) is 0 Å². The summed E-state index contributed by atoms with van der Waals surface area (Å²) in [6.45, 7) is 2.55. The average Bonchev–Trinajstić information content (AvgIpc) is 3.23. The number of anilines is 1. The monoisotopic (exact) mass is 437 g/mol. The van der Waals surface area contributed by atoms with E-state index in [2.05, 4.69) is 9.97 Å². The molecule has 0 aliphatic heterocycles. The number of benzene rings is 2. The molecule has 0 saturated heterocycles. The van der Waals surface area contributed by atoms with Crippen LogP contribution in [0.15, 0.2) is 67.0 Å². The summed E-state index contributed by atoms with van der Waals surface area (Å²) in [5.41, 5.74) is 1.08. The number of aromatic nitrogens is 2. The van der Waals surface area contributed by atoms with E-state index in [4.69, 9.17) is 9.47 Å². The van der Waals surface area contributed by atoms with Crippen molar-refractivity contribution in [3.05, 3.63) is 78.4 Å². The lowest BCUT2D eigenvalue weighted by molar-refractivity contribution is -0.120. The molecule has 4 rings (SSSR count). The molecule has 8 heteroatoms. The number of amides is 1. The van der Waals surface area contributed by atoms with E-state index in [1.54, 1.807) is 54.9 Å². The van der Waals surface area contributed by atoms with Gasteiger partial charge in [0.2, 0.25) is 0 Å². The Balaban J connectivity index is 1.55. The second-order valence-electron chi connectivity index (χ2n) is 6.62. The minimum atomic E-state index is -0.417. The number of nitrogens with zero attached hydrogens (tertiary/aromatic N) is 3. The summed E-state index contributed by atoms with van der Waals surface area (Å²) < 4.78 is 25.9. The van der Waals surface area contributed by atoms with Gasteiger partial charge in [0.1, 0.15) is 22.8 Å². The van der Waals surface area contributed by atoms with Gasteiger partial charge in [0.25, 0.3) is 5.91 Å². The Hall–Kier alpha value is -3.52. The maximum absolute atomic E-state index is 14.1. The summed E-state index contributed by atoms with van der Waals surface area (Å²) in [7, 11) is 0. The second kappa shape index (κ2) is 9.53. The SMILES string of the molecule is CCOc1ccc(OCC(=O)N(Cc2cccnc2)c2nc3c(F)cccc3s2)cc1. The number of hydrogen-bond donors (Lipinski definition) is 0. The highest BCUT2D eigenvalue weighted by Crippen LogP contribution is 2.31. The molecule has 2 heterocycles. The zero-order valence-electron chi connectivity index (χ0n) is 16.8. The van der Waals surface area contributed by atoms with E-state index in [0.717, 1.165) is 11.3 Å². The number of pyridine rings is 1. The number of fused-ring (bicyclic) bond motifs is 1. The van der Waals surface area contributed by atoms with E-state index in [9.17, 15) is 9.18 Å². The Morgan fingerprint density at radius 3 is 2.52 bits per heavy atom. The van der Waals surface area contributed by atoms with Crippen LogP contribution in [0.2, 0.25) is 0 Å². The molecule has 0 saturated carbocycles. The van der Waals surface area contributed by atoms with Crippen LogP contribution < -0.4 is 14.4 Å². The molecular weight excluding hydrogens is 417 g/mol. The van der Waals surface area contributed by atoms with Crippen LogP contribution in [0.1, 0.15) is 12.5 Å². The molecule has 0 aliphatic rings. The Morgan fingerprint density at radius 2 is 1.84 bits per heavy atom. The van der Waals surface area contributed by atoms with Crippen LogP contribution in [-0.4, -0.2) is 29.1 Å². The maximum atomic E-state index is 14.1. The maximum Gasteiger partial charge on any atom is 0.267 e. The van der Waals surface area contributed by atoms with Gasteiger partial charge in [0.05, 0.1) is 17.9 Å². The van der Waals surface area contributed by atoms with Gasteiger partial charge >= 0.3 is 0 Å². The first kappa shape index (κ1) is 20.7. The van der Waals surface area contributed by atoms with Crippen molar-refractivity contribution in [2.24, 2.45) is 0 Å². The van der Waals surface area contributed by atoms with E-state index < -0.39 is 5.82 Å². The highest BCUT2D eigenvalue weighted by Gasteiger charge is 2.22. The molecule has 31 heavy (non-hydrogen) atoms. The van der Waals surface area contributed by atoms with Crippen molar-refractivity contribution in [1.29, 1.82) is 0 Å². The van der Waals surface area contributed by atoms with E-state index in [1.165, 1.54) is 22.3 Å². The molecular formula is C23H20FN3O3S. The standard InChI is InChI=1S/C23H20FN3O3S/c1-2-29-17-8-10-18(11-9-17)30-15-21(28)27(14-16-5-4-12-25-13-16)23-26-22-19(24)6-3-7-20(22)31-23/h3-13H,2,14-15H2,1H3. The molecule has 0 radical (unpaired) electrons. The molecule has 0 N–H and O–H groups in total. The van der Waals surface area contributed by atoms with Crippen molar-refractivity contribution in [3.8, 4) is 11.5 Å². The Labute approximate surface area is 182 Å². The third-order valence-corrected chi connectivity index (χ3v) is 5.49. The number of rotatable bonds is 8. The molecule has 0 aliphatic carbocycles. The molecule has 6 nitrogen and oxygen atoms in total. The number of carbonyl (C=O) groups excluding carboxylic acids is 1. The Bertz CT molecular complexity index is 1170. The number of para-hydroxylation sites is 1. The topological polar surface area (TPSA) is 64.6 Å². The summed E-state index contributed by atoms with van der Waals surface area (Å²) in [5.74, 6) is 0.570. The van der Waals surface area contributed by atoms with Gasteiger partial charge in [-0.2, -0.15) is 0 Å². The zero-order chi connectivity index (χ0) is 21.6. The zero-order valence-corrected chi connectivity index (χ0v) is 17.6. The van der Waals surface area contributed by atoms with Crippen LogP contribution in [0, 0.1) is 5.82 Å². The summed E-state index contributed by atoms with van der Waals surface area (Å²) in [6.07, 6.45) is 3.35. The van der Waals surface area contributed by atoms with E-state index >= 15 is 0 Å². The number of thiazole rings is 1. The van der Waals surface area contributed by atoms with Crippen molar-refractivity contribution in [3.63, 3.8) is 0 Å². The van der Waals surface area contributed by atoms with Crippen molar-refractivity contribution in [2.45, 2.75) is 13.5 Å². The molecule has 0 spiro atoms. The molecule has 0 atom stereocenters. The number of ether oxygens (including phenoxy) is 2. The largest absolute Gasteiger partial charge is 0.494 e. The van der Waals surface area contributed by atoms with E-state index in [-0.39, 0.29) is 24.6 Å². The van der Waals surface area contributed by atoms with Crippen LogP contribution in [0.25, 0.3) is 10.2 Å². The number of hydrogen-bond acceptors (Lipinski definition) is 6. The predicted octanol–water partition coefficient (Wildman–Crippen LogP) is 4.84. The van der Waals surface area contributed by atoms with Gasteiger partial charge in [0.15, 0.2) is 11.7 Å². The lowest BCUT2D eigenvalue weighted by Crippen LogP contribution is -2.34. The summed E-state index contributed by atoms with van der Waals surface area (Å²) >= 11 is 1.26. The summed E-state index contributed by atoms with van der Waals surface area (Å²) in [6, 6.07) is 15.5. The summed E-state index contributed by atoms with van der Waals surface area (Å²) in [4.78, 5) is 23.1. The molecule has 2 aromatic heterocycles. The molecule has 0 fully saturated rings. The molecule has 0 unspecified atom stereocenters. The predicted molar refractivity (Wildman–Crippen MR) is 118 cm³/mol. The quantitative estimate of drug-likeness (QED) is 0.395. The van der Waals surface area contributed by atoms with Crippen molar-refractivity contribution < 1.29 is 18.7 Å². The van der Waals surface area contributed by atoms with Crippen LogP contribution in [0.4, 0.5) is 9.52 Å². The number of carbonyl (C=O) groups is 1. The van der Waals surface area contributed by atoms with Gasteiger partial charge in [-0.05, 0) is 55.0 Å². The first-order valence-electron chi connectivity index (χ1n) is 9.74. The van der Waals surface area contributed by atoms with Crippen LogP contribution in [-0.2, 0) is 11.3 Å². The van der Waals surface area contributed by atoms with Crippen molar-refractivity contribution in [2.75, 3.05) is 18.1 Å². The molecule has 158 valence electrons. The minimum Gasteiger partial charge on any atom is -0.494 e. The van der Waals surface area contributed by atoms with Gasteiger partial charge in [-0.3, -0.25) is 14.7 Å². The minimum absolute atomic E-state index is 0.188. The highest BCUT2D eigenvalue weighted by atomic mass is 32.1. The van der Waals surface area contributed by atoms with Crippen molar-refractivity contribution >= 4 is 32.6 Å². The lowest BCUT2D eigenvalue weighted by atomic mass is 10.2. The first-order valence-corrected chi connectivity index (χ1v) is 10.6. The van der Waals surface area contributed by atoms with E-state index in [0.29, 0.717) is 22.2 Å². The fourth-order valence-corrected chi connectivity index (χ4v) is 3.97. The molecule has 0 bridgehead atoms. The van der Waals surface area contributed by atoms with Gasteiger partial charge < -0.3 is 9.47 Å². The van der Waals surface area contributed by atoms with Crippen molar-refractivity contribution in [1.82, 2.24) is 9.97 Å². The third kappa shape index (κ3) is 4.97. The Morgan fingerprint density at radius 1 is 1.06 bits per heavy atom. The highest BCUT2D eigenvalue weighted by molar-refractivity contribution is 7.22. The third-order valence-electron chi connectivity index (χ3n) is 4.45. The molecule has 4 aromatic rings. The Kier molecular flexibility index (Phi) is 6.37. The van der Waals surface area contributed by atoms with Gasteiger partial charge in [-0.1, -0.05) is 23.5 Å². The lowest BCUT2D eigenvalue weighted by Gasteiger charge is -2.20. The van der Waals surface area contributed by atoms with Crippen LogP contribution >= 0.6 is 11.3 Å². The fourth-order valence-electron chi connectivity index (χ4n) is 2.98. The van der Waals surface area contributed by atoms with Crippen LogP contribution in [0.5, 0.6) is 11.5 Å². The van der Waals surface area contributed by atoms with Gasteiger partial charge in [-0.25, -0.2) is 9.37 Å². The van der Waals surface area contributed by atoms with E-state index in [1.807, 2.05) is 13.0 Å².